The van der Waals surface area contributed by atoms with Gasteiger partial charge < -0.3 is 4.79 Å². The Morgan fingerprint density at radius 1 is 1.07 bits per heavy atom. The molecule has 0 aliphatic heterocycles. The summed E-state index contributed by atoms with van der Waals surface area (Å²) >= 11 is 0. The number of aldehydes is 1. The summed E-state index contributed by atoms with van der Waals surface area (Å²) in [5, 5.41) is 0. The normalized spacial score (nSPS) is 38.9. The third kappa shape index (κ3) is 2.43. The van der Waals surface area contributed by atoms with Gasteiger partial charge in [0.1, 0.15) is 6.29 Å². The standard InChI is InChI=1S/C14H24O/c1-14(13-7-2-3-8-13)9-5-4-6-12(10-14)11-15/h11-13H,2-10H2,1H3. The topological polar surface area (TPSA) is 17.1 Å². The van der Waals surface area contributed by atoms with Gasteiger partial charge in [0.2, 0.25) is 0 Å². The van der Waals surface area contributed by atoms with Crippen LogP contribution in [-0.4, -0.2) is 6.29 Å². The molecule has 2 unspecified atom stereocenters. The number of carbonyl (C=O) groups excluding carboxylic acids is 1. The van der Waals surface area contributed by atoms with Crippen molar-refractivity contribution in [3.8, 4) is 0 Å². The number of rotatable bonds is 2. The molecule has 0 radical (unpaired) electrons. The molecule has 0 aromatic rings. The fraction of sp³-hybridized carbons (Fsp3) is 0.929. The molecule has 2 atom stereocenters. The van der Waals surface area contributed by atoms with E-state index in [1.54, 1.807) is 0 Å². The summed E-state index contributed by atoms with van der Waals surface area (Å²) in [6.07, 6.45) is 13.2. The first-order chi connectivity index (χ1) is 7.24. The second-order valence-electron chi connectivity index (χ2n) is 5.98. The van der Waals surface area contributed by atoms with Gasteiger partial charge in [0.05, 0.1) is 0 Å². The molecule has 0 aromatic heterocycles. The van der Waals surface area contributed by atoms with E-state index in [1.165, 1.54) is 57.7 Å². The summed E-state index contributed by atoms with van der Waals surface area (Å²) in [4.78, 5) is 11.0. The molecule has 0 saturated heterocycles. The Labute approximate surface area is 93.6 Å². The van der Waals surface area contributed by atoms with Crippen LogP contribution in [0, 0.1) is 17.3 Å². The van der Waals surface area contributed by atoms with Crippen molar-refractivity contribution in [2.24, 2.45) is 17.3 Å². The molecule has 0 bridgehead atoms. The third-order valence-corrected chi connectivity index (χ3v) is 4.83. The van der Waals surface area contributed by atoms with Crippen LogP contribution < -0.4 is 0 Å². The van der Waals surface area contributed by atoms with Crippen LogP contribution in [0.3, 0.4) is 0 Å². The Balaban J connectivity index is 2.05. The van der Waals surface area contributed by atoms with Gasteiger partial charge in [0.25, 0.3) is 0 Å². The van der Waals surface area contributed by atoms with Gasteiger partial charge >= 0.3 is 0 Å². The fourth-order valence-electron chi connectivity index (χ4n) is 3.85. The maximum Gasteiger partial charge on any atom is 0.123 e. The van der Waals surface area contributed by atoms with Gasteiger partial charge in [0, 0.05) is 5.92 Å². The second-order valence-corrected chi connectivity index (χ2v) is 5.98. The van der Waals surface area contributed by atoms with E-state index < -0.39 is 0 Å². The maximum absolute atomic E-state index is 11.0. The van der Waals surface area contributed by atoms with Crippen molar-refractivity contribution in [2.45, 2.75) is 64.7 Å². The molecule has 2 aliphatic rings. The van der Waals surface area contributed by atoms with E-state index in [0.717, 1.165) is 12.3 Å². The minimum Gasteiger partial charge on any atom is -0.303 e. The summed E-state index contributed by atoms with van der Waals surface area (Å²) in [6.45, 7) is 2.45. The molecule has 1 nitrogen and oxygen atoms in total. The Morgan fingerprint density at radius 3 is 2.40 bits per heavy atom. The van der Waals surface area contributed by atoms with E-state index >= 15 is 0 Å². The predicted molar refractivity (Wildman–Crippen MR) is 62.7 cm³/mol. The SMILES string of the molecule is CC1(C2CCCC2)CCCCC(C=O)C1. The molecule has 86 valence electrons. The van der Waals surface area contributed by atoms with Crippen LogP contribution in [0.4, 0.5) is 0 Å². The first kappa shape index (κ1) is 11.2. The van der Waals surface area contributed by atoms with Gasteiger partial charge in [0.15, 0.2) is 0 Å². The lowest BCUT2D eigenvalue weighted by atomic mass is 9.69. The Bertz CT molecular complexity index is 217. The van der Waals surface area contributed by atoms with Crippen LogP contribution in [0.25, 0.3) is 0 Å². The van der Waals surface area contributed by atoms with Crippen molar-refractivity contribution in [2.75, 3.05) is 0 Å². The summed E-state index contributed by atoms with van der Waals surface area (Å²) in [5.74, 6) is 1.27. The van der Waals surface area contributed by atoms with Crippen LogP contribution in [0.1, 0.15) is 64.7 Å². The monoisotopic (exact) mass is 208 g/mol. The van der Waals surface area contributed by atoms with Crippen molar-refractivity contribution in [3.63, 3.8) is 0 Å². The summed E-state index contributed by atoms with van der Waals surface area (Å²) in [7, 11) is 0. The average Bonchev–Trinajstić information content (AvgIpc) is 2.70. The minimum absolute atomic E-state index is 0.359. The summed E-state index contributed by atoms with van der Waals surface area (Å²) in [5.41, 5.74) is 0.485. The molecule has 1 heteroatoms. The van der Waals surface area contributed by atoms with Crippen molar-refractivity contribution < 1.29 is 4.79 Å². The number of carbonyl (C=O) groups is 1. The Hall–Kier alpha value is -0.330. The maximum atomic E-state index is 11.0. The largest absolute Gasteiger partial charge is 0.303 e. The van der Waals surface area contributed by atoms with Gasteiger partial charge in [-0.15, -0.1) is 0 Å². The van der Waals surface area contributed by atoms with Crippen LogP contribution in [0.2, 0.25) is 0 Å². The highest BCUT2D eigenvalue weighted by Gasteiger charge is 2.38. The molecule has 2 rings (SSSR count). The van der Waals surface area contributed by atoms with Gasteiger partial charge in [-0.25, -0.2) is 0 Å². The molecule has 15 heavy (non-hydrogen) atoms. The van der Waals surface area contributed by atoms with Gasteiger partial charge in [-0.05, 0) is 43.4 Å². The van der Waals surface area contributed by atoms with E-state index in [2.05, 4.69) is 6.92 Å². The Kier molecular flexibility index (Phi) is 3.48. The highest BCUT2D eigenvalue weighted by atomic mass is 16.1. The Morgan fingerprint density at radius 2 is 1.73 bits per heavy atom. The summed E-state index contributed by atoms with van der Waals surface area (Å²) in [6, 6.07) is 0. The zero-order chi connectivity index (χ0) is 10.7. The van der Waals surface area contributed by atoms with E-state index in [4.69, 9.17) is 0 Å². The van der Waals surface area contributed by atoms with Crippen LogP contribution in [0.5, 0.6) is 0 Å². The first-order valence-electron chi connectivity index (χ1n) is 6.70. The second kappa shape index (κ2) is 4.67. The number of hydrogen-bond donors (Lipinski definition) is 0. The smallest absolute Gasteiger partial charge is 0.123 e. The molecule has 2 fully saturated rings. The highest BCUT2D eigenvalue weighted by Crippen LogP contribution is 2.48. The molecule has 2 saturated carbocycles. The quantitative estimate of drug-likeness (QED) is 0.496. The molecule has 0 aromatic carbocycles. The molecular formula is C14H24O. The zero-order valence-corrected chi connectivity index (χ0v) is 10.0. The van der Waals surface area contributed by atoms with Crippen LogP contribution >= 0.6 is 0 Å². The number of hydrogen-bond acceptors (Lipinski definition) is 1. The van der Waals surface area contributed by atoms with E-state index in [-0.39, 0.29) is 0 Å². The van der Waals surface area contributed by atoms with Crippen LogP contribution in [0.15, 0.2) is 0 Å². The van der Waals surface area contributed by atoms with Crippen molar-refractivity contribution in [3.05, 3.63) is 0 Å². The average molecular weight is 208 g/mol. The van der Waals surface area contributed by atoms with Gasteiger partial charge in [-0.1, -0.05) is 32.6 Å². The van der Waals surface area contributed by atoms with E-state index in [1.807, 2.05) is 0 Å². The molecule has 0 spiro atoms. The van der Waals surface area contributed by atoms with Crippen molar-refractivity contribution in [1.29, 1.82) is 0 Å². The van der Waals surface area contributed by atoms with Gasteiger partial charge in [-0.3, -0.25) is 0 Å². The van der Waals surface area contributed by atoms with E-state index in [0.29, 0.717) is 11.3 Å². The molecule has 2 aliphatic carbocycles. The predicted octanol–water partition coefficient (Wildman–Crippen LogP) is 3.96. The van der Waals surface area contributed by atoms with E-state index in [9.17, 15) is 4.79 Å². The van der Waals surface area contributed by atoms with Gasteiger partial charge in [-0.2, -0.15) is 0 Å². The first-order valence-corrected chi connectivity index (χ1v) is 6.70. The minimum atomic E-state index is 0.359. The van der Waals surface area contributed by atoms with Crippen LogP contribution in [-0.2, 0) is 4.79 Å². The fourth-order valence-corrected chi connectivity index (χ4v) is 3.85. The molecule has 0 heterocycles. The lowest BCUT2D eigenvalue weighted by Crippen LogP contribution is -2.27. The lowest BCUT2D eigenvalue weighted by molar-refractivity contribution is -0.112. The molecule has 0 amide bonds. The van der Waals surface area contributed by atoms with Crippen molar-refractivity contribution in [1.82, 2.24) is 0 Å². The van der Waals surface area contributed by atoms with Crippen molar-refractivity contribution >= 4 is 6.29 Å². The molecule has 0 N–H and O–H groups in total. The highest BCUT2D eigenvalue weighted by molar-refractivity contribution is 5.53. The molecular weight excluding hydrogens is 184 g/mol. The third-order valence-electron chi connectivity index (χ3n) is 4.83. The summed E-state index contributed by atoms with van der Waals surface area (Å²) < 4.78 is 0. The zero-order valence-electron chi connectivity index (χ0n) is 10.0. The lowest BCUT2D eigenvalue weighted by Gasteiger charge is -2.36.